The predicted octanol–water partition coefficient (Wildman–Crippen LogP) is 2.32. The molecule has 3 N–H and O–H groups in total. The predicted molar refractivity (Wildman–Crippen MR) is 58.1 cm³/mol. The van der Waals surface area contributed by atoms with Crippen LogP contribution in [0.3, 0.4) is 0 Å². The number of carboxylic acids is 1. The standard InChI is InChI=1S/C5H11NO2.C5H10O2/c1-2-3-4-6-5(7)8;1-2-3-4-5(6)7/h6H,2-4H2,1H3,(H,7,8);2-4H2,1H3,(H,6,7). The highest BCUT2D eigenvalue weighted by Crippen LogP contribution is 1.91. The smallest absolute Gasteiger partial charge is 0.404 e. The fourth-order valence-corrected chi connectivity index (χ4v) is 0.700. The number of carbonyl (C=O) groups is 2. The first kappa shape index (κ1) is 16.2. The van der Waals surface area contributed by atoms with Gasteiger partial charge in [-0.15, -0.1) is 0 Å². The number of nitrogens with one attached hydrogen (secondary N) is 1. The molecule has 0 fully saturated rings. The average molecular weight is 219 g/mol. The van der Waals surface area contributed by atoms with Crippen molar-refractivity contribution in [2.45, 2.75) is 46.0 Å². The van der Waals surface area contributed by atoms with Gasteiger partial charge in [0.05, 0.1) is 0 Å². The van der Waals surface area contributed by atoms with Crippen LogP contribution in [-0.2, 0) is 4.79 Å². The van der Waals surface area contributed by atoms with E-state index in [1.165, 1.54) is 0 Å². The van der Waals surface area contributed by atoms with E-state index in [0.717, 1.165) is 25.7 Å². The van der Waals surface area contributed by atoms with E-state index in [-0.39, 0.29) is 0 Å². The Morgan fingerprint density at radius 1 is 1.07 bits per heavy atom. The molecule has 0 aliphatic carbocycles. The van der Waals surface area contributed by atoms with Gasteiger partial charge in [0.15, 0.2) is 0 Å². The Labute approximate surface area is 90.5 Å². The van der Waals surface area contributed by atoms with E-state index in [0.29, 0.717) is 13.0 Å². The lowest BCUT2D eigenvalue weighted by Crippen LogP contribution is -2.21. The summed E-state index contributed by atoms with van der Waals surface area (Å²) in [4.78, 5) is 19.5. The van der Waals surface area contributed by atoms with Gasteiger partial charge in [0.25, 0.3) is 0 Å². The van der Waals surface area contributed by atoms with E-state index in [1.54, 1.807) is 0 Å². The highest BCUT2D eigenvalue weighted by molar-refractivity contribution is 5.66. The second-order valence-corrected chi connectivity index (χ2v) is 3.08. The van der Waals surface area contributed by atoms with Crippen LogP contribution < -0.4 is 5.32 Å². The van der Waals surface area contributed by atoms with Crippen LogP contribution in [0.4, 0.5) is 4.79 Å². The molecule has 0 radical (unpaired) electrons. The fraction of sp³-hybridized carbons (Fsp3) is 0.800. The number of unbranched alkanes of at least 4 members (excludes halogenated alkanes) is 2. The molecule has 0 atom stereocenters. The van der Waals surface area contributed by atoms with Crippen LogP contribution in [0.15, 0.2) is 0 Å². The van der Waals surface area contributed by atoms with E-state index in [4.69, 9.17) is 10.2 Å². The van der Waals surface area contributed by atoms with Crippen LogP contribution in [0.2, 0.25) is 0 Å². The van der Waals surface area contributed by atoms with Crippen LogP contribution in [0, 0.1) is 0 Å². The molecule has 1 amide bonds. The second-order valence-electron chi connectivity index (χ2n) is 3.08. The molecule has 15 heavy (non-hydrogen) atoms. The lowest BCUT2D eigenvalue weighted by molar-refractivity contribution is -0.137. The first-order chi connectivity index (χ1) is 7.04. The summed E-state index contributed by atoms with van der Waals surface area (Å²) in [5.74, 6) is -0.693. The zero-order valence-electron chi connectivity index (χ0n) is 9.45. The molecule has 5 nitrogen and oxygen atoms in total. The van der Waals surface area contributed by atoms with E-state index >= 15 is 0 Å². The van der Waals surface area contributed by atoms with Crippen molar-refractivity contribution in [2.24, 2.45) is 0 Å². The molecule has 0 unspecified atom stereocenters. The normalized spacial score (nSPS) is 8.67. The van der Waals surface area contributed by atoms with E-state index < -0.39 is 12.1 Å². The molecular weight excluding hydrogens is 198 g/mol. The highest BCUT2D eigenvalue weighted by atomic mass is 16.4. The topological polar surface area (TPSA) is 86.6 Å². The molecule has 90 valence electrons. The molecule has 0 bridgehead atoms. The summed E-state index contributed by atoms with van der Waals surface area (Å²) in [5, 5.41) is 18.3. The minimum atomic E-state index is -0.932. The van der Waals surface area contributed by atoms with Crippen molar-refractivity contribution in [2.75, 3.05) is 6.54 Å². The van der Waals surface area contributed by atoms with Crippen molar-refractivity contribution < 1.29 is 19.8 Å². The third kappa shape index (κ3) is 24.5. The van der Waals surface area contributed by atoms with Gasteiger partial charge >= 0.3 is 12.1 Å². The van der Waals surface area contributed by atoms with E-state index in [9.17, 15) is 9.59 Å². The van der Waals surface area contributed by atoms with Gasteiger partial charge in [0, 0.05) is 13.0 Å². The molecule has 0 aliphatic rings. The van der Waals surface area contributed by atoms with Gasteiger partial charge in [0.1, 0.15) is 0 Å². The van der Waals surface area contributed by atoms with Gasteiger partial charge in [-0.25, -0.2) is 4.79 Å². The molecular formula is C10H21NO4. The van der Waals surface area contributed by atoms with Gasteiger partial charge in [0.2, 0.25) is 0 Å². The average Bonchev–Trinajstić information content (AvgIpc) is 2.15. The molecule has 5 heteroatoms. The Kier molecular flexibility index (Phi) is 13.7. The molecule has 0 saturated carbocycles. The van der Waals surface area contributed by atoms with Crippen LogP contribution in [0.1, 0.15) is 46.0 Å². The van der Waals surface area contributed by atoms with Crippen molar-refractivity contribution in [3.05, 3.63) is 0 Å². The Hall–Kier alpha value is -1.26. The molecule has 0 rings (SSSR count). The first-order valence-electron chi connectivity index (χ1n) is 5.23. The zero-order valence-corrected chi connectivity index (χ0v) is 9.45. The fourth-order valence-electron chi connectivity index (χ4n) is 0.700. The first-order valence-corrected chi connectivity index (χ1v) is 5.23. The third-order valence-corrected chi connectivity index (χ3v) is 1.55. The number of hydrogen-bond donors (Lipinski definition) is 3. The van der Waals surface area contributed by atoms with E-state index in [2.05, 4.69) is 5.32 Å². The van der Waals surface area contributed by atoms with Crippen molar-refractivity contribution in [1.82, 2.24) is 5.32 Å². The Morgan fingerprint density at radius 3 is 1.87 bits per heavy atom. The van der Waals surface area contributed by atoms with Crippen LogP contribution in [0.5, 0.6) is 0 Å². The summed E-state index contributed by atoms with van der Waals surface area (Å²) in [6.07, 6.45) is 3.10. The van der Waals surface area contributed by atoms with Crippen LogP contribution in [0.25, 0.3) is 0 Å². The minimum absolute atomic E-state index is 0.316. The zero-order chi connectivity index (χ0) is 12.1. The monoisotopic (exact) mass is 219 g/mol. The SMILES string of the molecule is CCCCC(=O)O.CCCCNC(=O)O. The summed E-state index contributed by atoms with van der Waals surface area (Å²) in [7, 11) is 0. The number of carboxylic acid groups (broad SMARTS) is 2. The summed E-state index contributed by atoms with van der Waals surface area (Å²) in [5.41, 5.74) is 0. The largest absolute Gasteiger partial charge is 0.481 e. The molecule has 0 spiro atoms. The van der Waals surface area contributed by atoms with Crippen molar-refractivity contribution in [1.29, 1.82) is 0 Å². The summed E-state index contributed by atoms with van der Waals surface area (Å²) >= 11 is 0. The van der Waals surface area contributed by atoms with Crippen molar-refractivity contribution >= 4 is 12.1 Å². The molecule has 0 aromatic carbocycles. The van der Waals surface area contributed by atoms with Gasteiger partial charge in [-0.2, -0.15) is 0 Å². The molecule has 0 aliphatic heterocycles. The number of amides is 1. The van der Waals surface area contributed by atoms with E-state index in [1.807, 2.05) is 13.8 Å². The maximum atomic E-state index is 9.76. The summed E-state index contributed by atoms with van der Waals surface area (Å²) < 4.78 is 0. The van der Waals surface area contributed by atoms with Crippen LogP contribution >= 0.6 is 0 Å². The number of aliphatic carboxylic acids is 1. The minimum Gasteiger partial charge on any atom is -0.481 e. The lowest BCUT2D eigenvalue weighted by atomic mass is 10.3. The number of hydrogen-bond acceptors (Lipinski definition) is 2. The molecule has 0 aromatic rings. The van der Waals surface area contributed by atoms with Gasteiger partial charge in [-0.3, -0.25) is 4.79 Å². The molecule has 0 aromatic heterocycles. The van der Waals surface area contributed by atoms with Gasteiger partial charge in [-0.1, -0.05) is 26.7 Å². The third-order valence-electron chi connectivity index (χ3n) is 1.55. The van der Waals surface area contributed by atoms with Gasteiger partial charge in [-0.05, 0) is 12.8 Å². The Morgan fingerprint density at radius 2 is 1.60 bits per heavy atom. The van der Waals surface area contributed by atoms with Gasteiger partial charge < -0.3 is 15.5 Å². The van der Waals surface area contributed by atoms with Crippen LogP contribution in [-0.4, -0.2) is 28.8 Å². The lowest BCUT2D eigenvalue weighted by Gasteiger charge is -1.94. The second kappa shape index (κ2) is 12.7. The Balaban J connectivity index is 0. The summed E-state index contributed by atoms with van der Waals surface area (Å²) in [6, 6.07) is 0. The number of rotatable bonds is 6. The maximum Gasteiger partial charge on any atom is 0.404 e. The quantitative estimate of drug-likeness (QED) is 0.598. The van der Waals surface area contributed by atoms with Crippen molar-refractivity contribution in [3.63, 3.8) is 0 Å². The molecule has 0 saturated heterocycles. The van der Waals surface area contributed by atoms with Crippen molar-refractivity contribution in [3.8, 4) is 0 Å². The molecule has 0 heterocycles. The summed E-state index contributed by atoms with van der Waals surface area (Å²) in [6.45, 7) is 4.57. The Bertz CT molecular complexity index is 171. The highest BCUT2D eigenvalue weighted by Gasteiger charge is 1.91. The maximum absolute atomic E-state index is 9.76.